The van der Waals surface area contributed by atoms with Crippen LogP contribution in [0.5, 0.6) is 0 Å². The molecule has 3 nitrogen and oxygen atoms in total. The van der Waals surface area contributed by atoms with Crippen molar-refractivity contribution >= 4 is 11.7 Å². The van der Waals surface area contributed by atoms with Crippen molar-refractivity contribution in [3.05, 3.63) is 22.3 Å². The van der Waals surface area contributed by atoms with E-state index in [1.807, 2.05) is 27.8 Å². The van der Waals surface area contributed by atoms with Crippen LogP contribution in [0.4, 0.5) is 0 Å². The summed E-state index contributed by atoms with van der Waals surface area (Å²) in [6.45, 7) is 25.2. The SMILES string of the molecule is CN=C1C(C(C)(C)C)=C(C(=O)OC(C)(C)C)C(C(C)(C)C)=C1C(C)(C)C. The third-order valence-electron chi connectivity index (χ3n) is 4.30. The first-order chi connectivity index (χ1) is 11.3. The molecule has 148 valence electrons. The molecule has 3 heteroatoms. The van der Waals surface area contributed by atoms with Gasteiger partial charge >= 0.3 is 5.97 Å². The molecule has 0 aliphatic heterocycles. The lowest BCUT2D eigenvalue weighted by Gasteiger charge is -2.31. The number of carbonyl (C=O) groups excluding carboxylic acids is 1. The highest BCUT2D eigenvalue weighted by atomic mass is 16.6. The number of esters is 1. The van der Waals surface area contributed by atoms with Gasteiger partial charge in [-0.05, 0) is 53.7 Å². The van der Waals surface area contributed by atoms with Crippen LogP contribution < -0.4 is 0 Å². The molecule has 1 rings (SSSR count). The van der Waals surface area contributed by atoms with Gasteiger partial charge in [-0.15, -0.1) is 0 Å². The molecule has 0 saturated carbocycles. The molecule has 1 aliphatic carbocycles. The van der Waals surface area contributed by atoms with Crippen LogP contribution in [0, 0.1) is 16.2 Å². The van der Waals surface area contributed by atoms with Gasteiger partial charge in [0, 0.05) is 7.05 Å². The van der Waals surface area contributed by atoms with Crippen molar-refractivity contribution in [3.8, 4) is 0 Å². The van der Waals surface area contributed by atoms with Gasteiger partial charge in [0.05, 0.1) is 11.3 Å². The first kappa shape index (κ1) is 22.7. The normalized spacial score (nSPS) is 18.9. The summed E-state index contributed by atoms with van der Waals surface area (Å²) in [5.41, 5.74) is 3.83. The van der Waals surface area contributed by atoms with Crippen LogP contribution in [-0.2, 0) is 9.53 Å². The number of ether oxygens (including phenoxy) is 1. The number of aliphatic imine (C=N–C) groups is 1. The molecule has 26 heavy (non-hydrogen) atoms. The van der Waals surface area contributed by atoms with E-state index in [0.29, 0.717) is 5.57 Å². The van der Waals surface area contributed by atoms with Crippen LogP contribution in [0.25, 0.3) is 0 Å². The lowest BCUT2D eigenvalue weighted by atomic mass is 9.74. The predicted molar refractivity (Wildman–Crippen MR) is 112 cm³/mol. The molecule has 0 saturated heterocycles. The second-order valence-corrected chi connectivity index (χ2v) is 11.3. The Bertz CT molecular complexity index is 676. The van der Waals surface area contributed by atoms with E-state index in [1.54, 1.807) is 0 Å². The molecule has 0 spiro atoms. The highest BCUT2D eigenvalue weighted by Gasteiger charge is 2.46. The summed E-state index contributed by atoms with van der Waals surface area (Å²) < 4.78 is 5.84. The Kier molecular flexibility index (Phi) is 5.80. The van der Waals surface area contributed by atoms with Crippen molar-refractivity contribution in [3.63, 3.8) is 0 Å². The zero-order valence-corrected chi connectivity index (χ0v) is 19.3. The average molecular weight is 362 g/mol. The van der Waals surface area contributed by atoms with Gasteiger partial charge < -0.3 is 4.74 Å². The predicted octanol–water partition coefficient (Wildman–Crippen LogP) is 6.14. The summed E-state index contributed by atoms with van der Waals surface area (Å²) in [5.74, 6) is -0.243. The number of rotatable bonds is 1. The van der Waals surface area contributed by atoms with Crippen LogP contribution >= 0.6 is 0 Å². The summed E-state index contributed by atoms with van der Waals surface area (Å²) in [7, 11) is 1.82. The van der Waals surface area contributed by atoms with Crippen molar-refractivity contribution in [1.29, 1.82) is 0 Å². The van der Waals surface area contributed by atoms with Crippen molar-refractivity contribution in [2.45, 2.75) is 88.7 Å². The Labute approximate surface area is 161 Å². The average Bonchev–Trinajstić information content (AvgIpc) is 2.70. The molecule has 0 amide bonds. The standard InChI is InChI=1S/C23H39NO2/c1-20(2,3)15-14(19(25)26-23(10,11)12)16(21(4,5)6)18(24-13)17(15)22(7,8)9/h1-13H3. The Balaban J connectivity index is 3.98. The molecule has 0 heterocycles. The molecular weight excluding hydrogens is 322 g/mol. The molecule has 0 fully saturated rings. The largest absolute Gasteiger partial charge is 0.456 e. The molecule has 0 atom stereocenters. The number of nitrogens with zero attached hydrogens (tertiary/aromatic N) is 1. The second-order valence-electron chi connectivity index (χ2n) is 11.3. The quantitative estimate of drug-likeness (QED) is 0.526. The highest BCUT2D eigenvalue weighted by molar-refractivity contribution is 6.23. The molecule has 0 unspecified atom stereocenters. The van der Waals surface area contributed by atoms with Gasteiger partial charge in [-0.2, -0.15) is 0 Å². The van der Waals surface area contributed by atoms with Gasteiger partial charge in [0.15, 0.2) is 0 Å². The summed E-state index contributed by atoms with van der Waals surface area (Å²) in [5, 5.41) is 0. The Morgan fingerprint density at radius 1 is 0.692 bits per heavy atom. The summed E-state index contributed by atoms with van der Waals surface area (Å²) in [6, 6.07) is 0. The summed E-state index contributed by atoms with van der Waals surface area (Å²) in [6.07, 6.45) is 0. The van der Waals surface area contributed by atoms with E-state index in [4.69, 9.17) is 4.74 Å². The van der Waals surface area contributed by atoms with E-state index in [0.717, 1.165) is 16.9 Å². The fourth-order valence-corrected chi connectivity index (χ4v) is 3.58. The van der Waals surface area contributed by atoms with Crippen LogP contribution in [0.3, 0.4) is 0 Å². The maximum absolute atomic E-state index is 13.3. The van der Waals surface area contributed by atoms with E-state index in [1.165, 1.54) is 5.57 Å². The smallest absolute Gasteiger partial charge is 0.339 e. The van der Waals surface area contributed by atoms with Crippen molar-refractivity contribution in [2.75, 3.05) is 7.05 Å². The zero-order valence-electron chi connectivity index (χ0n) is 19.3. The van der Waals surface area contributed by atoms with Gasteiger partial charge in [-0.25, -0.2) is 4.79 Å². The van der Waals surface area contributed by atoms with Crippen LogP contribution in [0.1, 0.15) is 83.1 Å². The minimum atomic E-state index is -0.538. The van der Waals surface area contributed by atoms with E-state index in [2.05, 4.69) is 67.3 Å². The molecule has 0 N–H and O–H groups in total. The molecule has 0 bridgehead atoms. The minimum Gasteiger partial charge on any atom is -0.456 e. The topological polar surface area (TPSA) is 38.7 Å². The number of hydrogen-bond donors (Lipinski definition) is 0. The van der Waals surface area contributed by atoms with Crippen molar-refractivity contribution in [1.82, 2.24) is 0 Å². The van der Waals surface area contributed by atoms with E-state index in [9.17, 15) is 4.79 Å². The minimum absolute atomic E-state index is 0.127. The molecule has 0 aromatic carbocycles. The Hall–Kier alpha value is -1.38. The van der Waals surface area contributed by atoms with Crippen molar-refractivity contribution < 1.29 is 9.53 Å². The number of carbonyl (C=O) groups is 1. The number of allylic oxidation sites excluding steroid dienone is 2. The lowest BCUT2D eigenvalue weighted by Crippen LogP contribution is -2.29. The molecular formula is C23H39NO2. The molecule has 0 aromatic rings. The van der Waals surface area contributed by atoms with Crippen LogP contribution in [0.2, 0.25) is 0 Å². The maximum atomic E-state index is 13.3. The van der Waals surface area contributed by atoms with E-state index < -0.39 is 5.60 Å². The third-order valence-corrected chi connectivity index (χ3v) is 4.30. The first-order valence-electron chi connectivity index (χ1n) is 9.53. The maximum Gasteiger partial charge on any atom is 0.339 e. The van der Waals surface area contributed by atoms with E-state index >= 15 is 0 Å². The fraction of sp³-hybridized carbons (Fsp3) is 0.739. The Morgan fingerprint density at radius 3 is 1.35 bits per heavy atom. The van der Waals surface area contributed by atoms with Crippen molar-refractivity contribution in [2.24, 2.45) is 21.2 Å². The monoisotopic (exact) mass is 361 g/mol. The summed E-state index contributed by atoms with van der Waals surface area (Å²) >= 11 is 0. The Morgan fingerprint density at radius 2 is 1.08 bits per heavy atom. The number of hydrogen-bond acceptors (Lipinski definition) is 3. The second kappa shape index (κ2) is 6.65. The van der Waals surface area contributed by atoms with Crippen LogP contribution in [-0.4, -0.2) is 24.3 Å². The fourth-order valence-electron chi connectivity index (χ4n) is 3.58. The highest BCUT2D eigenvalue weighted by Crippen LogP contribution is 2.51. The zero-order chi connectivity index (χ0) is 20.9. The lowest BCUT2D eigenvalue weighted by molar-refractivity contribution is -0.149. The van der Waals surface area contributed by atoms with Gasteiger partial charge in [-0.1, -0.05) is 62.3 Å². The molecule has 0 aromatic heterocycles. The van der Waals surface area contributed by atoms with E-state index in [-0.39, 0.29) is 22.2 Å². The first-order valence-corrected chi connectivity index (χ1v) is 9.53. The van der Waals surface area contributed by atoms with Gasteiger partial charge in [0.25, 0.3) is 0 Å². The van der Waals surface area contributed by atoms with Crippen LogP contribution in [0.15, 0.2) is 27.3 Å². The van der Waals surface area contributed by atoms with Gasteiger partial charge in [0.1, 0.15) is 5.60 Å². The summed E-state index contributed by atoms with van der Waals surface area (Å²) in [4.78, 5) is 18.0. The van der Waals surface area contributed by atoms with Gasteiger partial charge in [-0.3, -0.25) is 4.99 Å². The third kappa shape index (κ3) is 4.66. The molecule has 1 aliphatic rings. The molecule has 0 radical (unpaired) electrons. The van der Waals surface area contributed by atoms with Gasteiger partial charge in [0.2, 0.25) is 0 Å².